The average molecular weight is 363 g/mol. The Morgan fingerprint density at radius 2 is 1.78 bits per heavy atom. The van der Waals surface area contributed by atoms with Gasteiger partial charge < -0.3 is 15.4 Å². The number of Topliss-reactive ketones (excluding diaryl/α,β-unsaturated/α-hetero) is 1. The molecule has 3 aromatic rings. The molecule has 7 nitrogen and oxygen atoms in total. The fourth-order valence-corrected chi connectivity index (χ4v) is 2.54. The highest BCUT2D eigenvalue weighted by Gasteiger charge is 2.07. The number of benzene rings is 2. The van der Waals surface area contributed by atoms with Crippen molar-refractivity contribution in [3.63, 3.8) is 0 Å². The second kappa shape index (κ2) is 8.27. The Hall–Kier alpha value is -3.48. The zero-order chi connectivity index (χ0) is 19.2. The van der Waals surface area contributed by atoms with E-state index in [0.717, 1.165) is 22.6 Å². The third kappa shape index (κ3) is 5.01. The van der Waals surface area contributed by atoms with Crippen LogP contribution < -0.4 is 10.6 Å². The highest BCUT2D eigenvalue weighted by atomic mass is 16.2. The normalized spacial score (nSPS) is 10.4. The van der Waals surface area contributed by atoms with E-state index in [9.17, 15) is 9.59 Å². The Morgan fingerprint density at radius 3 is 2.48 bits per heavy atom. The molecule has 0 bridgehead atoms. The van der Waals surface area contributed by atoms with Crippen LogP contribution in [0.3, 0.4) is 0 Å². The highest BCUT2D eigenvalue weighted by Crippen LogP contribution is 2.16. The van der Waals surface area contributed by atoms with Crippen molar-refractivity contribution in [1.29, 1.82) is 0 Å². The Bertz CT molecular complexity index is 947. The minimum absolute atomic E-state index is 0.129. The van der Waals surface area contributed by atoms with Crippen LogP contribution in [0.2, 0.25) is 0 Å². The van der Waals surface area contributed by atoms with Gasteiger partial charge >= 0.3 is 6.03 Å². The summed E-state index contributed by atoms with van der Waals surface area (Å²) in [6.07, 6.45) is 2.84. The van der Waals surface area contributed by atoms with E-state index >= 15 is 0 Å². The molecule has 138 valence electrons. The molecule has 1 aromatic heterocycles. The largest absolute Gasteiger partial charge is 0.323 e. The fraction of sp³-hybridized carbons (Fsp3) is 0.200. The van der Waals surface area contributed by atoms with Crippen molar-refractivity contribution in [3.8, 4) is 5.69 Å². The number of anilines is 2. The van der Waals surface area contributed by atoms with Gasteiger partial charge in [-0.1, -0.05) is 23.4 Å². The van der Waals surface area contributed by atoms with Crippen LogP contribution in [0.5, 0.6) is 0 Å². The molecule has 0 radical (unpaired) electrons. The number of carbonyl (C=O) groups excluding carboxylic acids is 2. The lowest BCUT2D eigenvalue weighted by atomic mass is 10.2. The van der Waals surface area contributed by atoms with Crippen LogP contribution in [-0.4, -0.2) is 26.8 Å². The maximum Gasteiger partial charge on any atom is 0.323 e. The second-order valence-electron chi connectivity index (χ2n) is 6.30. The van der Waals surface area contributed by atoms with Crippen LogP contribution >= 0.6 is 0 Å². The maximum atomic E-state index is 12.1. The lowest BCUT2D eigenvalue weighted by molar-refractivity contribution is -0.117. The molecule has 0 spiro atoms. The van der Waals surface area contributed by atoms with Crippen molar-refractivity contribution in [2.75, 3.05) is 10.6 Å². The van der Waals surface area contributed by atoms with E-state index in [1.165, 1.54) is 0 Å². The second-order valence-corrected chi connectivity index (χ2v) is 6.30. The molecule has 0 unspecified atom stereocenters. The topological polar surface area (TPSA) is 88.9 Å². The summed E-state index contributed by atoms with van der Waals surface area (Å²) in [5.41, 5.74) is 4.02. The van der Waals surface area contributed by atoms with E-state index in [1.54, 1.807) is 29.9 Å². The number of aromatic nitrogens is 3. The molecule has 2 N–H and O–H groups in total. The molecular formula is C20H21N5O2. The van der Waals surface area contributed by atoms with Gasteiger partial charge in [-0.3, -0.25) is 0 Å². The van der Waals surface area contributed by atoms with Crippen molar-refractivity contribution in [2.24, 2.45) is 0 Å². The standard InChI is InChI=1S/C20H21N5O2/c1-14-5-3-4-6-19(14)22-20(27)21-16-9-11-18(12-10-16)25-13-17(23-24-25)8-7-15(2)26/h3-6,9-13H,7-8H2,1-2H3,(H2,21,22,27). The molecule has 0 fully saturated rings. The number of nitrogens with zero attached hydrogens (tertiary/aromatic N) is 3. The molecule has 0 aliphatic rings. The maximum absolute atomic E-state index is 12.1. The predicted octanol–water partition coefficient (Wildman–Crippen LogP) is 3.74. The number of amides is 2. The summed E-state index contributed by atoms with van der Waals surface area (Å²) in [4.78, 5) is 23.2. The van der Waals surface area contributed by atoms with Crippen molar-refractivity contribution in [1.82, 2.24) is 15.0 Å². The molecule has 0 atom stereocenters. The van der Waals surface area contributed by atoms with Gasteiger partial charge in [0.2, 0.25) is 0 Å². The SMILES string of the molecule is CC(=O)CCc1cn(-c2ccc(NC(=O)Nc3ccccc3C)cc2)nn1. The number of carbonyl (C=O) groups is 2. The van der Waals surface area contributed by atoms with Gasteiger partial charge in [-0.05, 0) is 56.2 Å². The first kappa shape index (κ1) is 18.3. The highest BCUT2D eigenvalue weighted by molar-refractivity contribution is 6.00. The first-order valence-electron chi connectivity index (χ1n) is 8.66. The summed E-state index contributed by atoms with van der Waals surface area (Å²) >= 11 is 0. The number of rotatable bonds is 6. The van der Waals surface area contributed by atoms with E-state index in [2.05, 4.69) is 20.9 Å². The van der Waals surface area contributed by atoms with Gasteiger partial charge in [0, 0.05) is 17.8 Å². The van der Waals surface area contributed by atoms with Crippen LogP contribution in [-0.2, 0) is 11.2 Å². The van der Waals surface area contributed by atoms with Gasteiger partial charge in [0.15, 0.2) is 0 Å². The van der Waals surface area contributed by atoms with Crippen LogP contribution in [0.15, 0.2) is 54.7 Å². The number of nitrogens with one attached hydrogen (secondary N) is 2. The number of ketones is 1. The molecule has 2 amide bonds. The minimum atomic E-state index is -0.302. The van der Waals surface area contributed by atoms with Gasteiger partial charge in [0.1, 0.15) is 5.78 Å². The molecule has 0 saturated carbocycles. The lowest BCUT2D eigenvalue weighted by Gasteiger charge is -2.10. The number of hydrogen-bond acceptors (Lipinski definition) is 4. The number of urea groups is 1. The van der Waals surface area contributed by atoms with Gasteiger partial charge in [-0.2, -0.15) is 0 Å². The van der Waals surface area contributed by atoms with Crippen molar-refractivity contribution in [3.05, 3.63) is 66.0 Å². The smallest absolute Gasteiger partial charge is 0.308 e. The molecule has 1 heterocycles. The molecule has 7 heteroatoms. The van der Waals surface area contributed by atoms with Crippen molar-refractivity contribution < 1.29 is 9.59 Å². The summed E-state index contributed by atoms with van der Waals surface area (Å²) in [7, 11) is 0. The molecule has 2 aromatic carbocycles. The number of hydrogen-bond donors (Lipinski definition) is 2. The van der Waals surface area contributed by atoms with E-state index in [1.807, 2.05) is 43.3 Å². The summed E-state index contributed by atoms with van der Waals surface area (Å²) in [6.45, 7) is 3.50. The Morgan fingerprint density at radius 1 is 1.04 bits per heavy atom. The Labute approximate surface area is 157 Å². The quantitative estimate of drug-likeness (QED) is 0.698. The van der Waals surface area contributed by atoms with Crippen LogP contribution in [0, 0.1) is 6.92 Å². The molecule has 0 aliphatic heterocycles. The van der Waals surface area contributed by atoms with Crippen LogP contribution in [0.25, 0.3) is 5.69 Å². The summed E-state index contributed by atoms with van der Waals surface area (Å²) in [6, 6.07) is 14.6. The van der Waals surface area contributed by atoms with Gasteiger partial charge in [-0.15, -0.1) is 5.10 Å². The Balaban J connectivity index is 1.61. The molecule has 0 aliphatic carbocycles. The fourth-order valence-electron chi connectivity index (χ4n) is 2.54. The van der Waals surface area contributed by atoms with E-state index in [-0.39, 0.29) is 11.8 Å². The van der Waals surface area contributed by atoms with E-state index in [0.29, 0.717) is 18.5 Å². The zero-order valence-electron chi connectivity index (χ0n) is 15.3. The molecular weight excluding hydrogens is 342 g/mol. The summed E-state index contributed by atoms with van der Waals surface area (Å²) < 4.78 is 1.65. The first-order chi connectivity index (χ1) is 13.0. The third-order valence-corrected chi connectivity index (χ3v) is 4.06. The number of aryl methyl sites for hydroxylation is 2. The first-order valence-corrected chi connectivity index (χ1v) is 8.66. The van der Waals surface area contributed by atoms with Crippen LogP contribution in [0.4, 0.5) is 16.2 Å². The van der Waals surface area contributed by atoms with Crippen molar-refractivity contribution in [2.45, 2.75) is 26.7 Å². The molecule has 3 rings (SSSR count). The predicted molar refractivity (Wildman–Crippen MR) is 104 cm³/mol. The summed E-state index contributed by atoms with van der Waals surface area (Å²) in [5.74, 6) is 0.129. The minimum Gasteiger partial charge on any atom is -0.308 e. The Kier molecular flexibility index (Phi) is 5.61. The van der Waals surface area contributed by atoms with E-state index in [4.69, 9.17) is 0 Å². The molecule has 0 saturated heterocycles. The monoisotopic (exact) mass is 363 g/mol. The lowest BCUT2D eigenvalue weighted by Crippen LogP contribution is -2.19. The van der Waals surface area contributed by atoms with E-state index < -0.39 is 0 Å². The third-order valence-electron chi connectivity index (χ3n) is 4.06. The van der Waals surface area contributed by atoms with Crippen molar-refractivity contribution >= 4 is 23.2 Å². The van der Waals surface area contributed by atoms with Gasteiger partial charge in [-0.25, -0.2) is 9.48 Å². The average Bonchev–Trinajstić information content (AvgIpc) is 3.11. The number of para-hydroxylation sites is 1. The van der Waals surface area contributed by atoms with Gasteiger partial charge in [0.25, 0.3) is 0 Å². The molecule has 27 heavy (non-hydrogen) atoms. The summed E-state index contributed by atoms with van der Waals surface area (Å²) in [5, 5.41) is 13.8. The van der Waals surface area contributed by atoms with Crippen LogP contribution in [0.1, 0.15) is 24.6 Å². The van der Waals surface area contributed by atoms with Gasteiger partial charge in [0.05, 0.1) is 17.6 Å². The zero-order valence-corrected chi connectivity index (χ0v) is 15.3.